The van der Waals surface area contributed by atoms with E-state index in [2.05, 4.69) is 34.6 Å². The van der Waals surface area contributed by atoms with Crippen molar-refractivity contribution in [2.45, 2.75) is 137 Å². The van der Waals surface area contributed by atoms with E-state index >= 15 is 0 Å². The number of carbonyl (C=O) groups is 2. The molecule has 204 valence electrons. The number of ether oxygens (including phenoxy) is 3. The first-order valence-electron chi connectivity index (χ1n) is 15.0. The molecule has 4 aliphatic carbocycles. The van der Waals surface area contributed by atoms with E-state index in [1.165, 1.54) is 58.8 Å². The summed E-state index contributed by atoms with van der Waals surface area (Å²) in [6, 6.07) is 0. The third kappa shape index (κ3) is 3.96. The zero-order valence-corrected chi connectivity index (χ0v) is 23.8. The van der Waals surface area contributed by atoms with E-state index in [1.807, 2.05) is 0 Å². The van der Waals surface area contributed by atoms with Crippen LogP contribution in [0.1, 0.15) is 113 Å². The van der Waals surface area contributed by atoms with Gasteiger partial charge in [-0.1, -0.05) is 53.9 Å². The van der Waals surface area contributed by atoms with Crippen LogP contribution in [0.3, 0.4) is 0 Å². The van der Waals surface area contributed by atoms with Gasteiger partial charge < -0.3 is 14.2 Å². The van der Waals surface area contributed by atoms with Crippen LogP contribution in [0.25, 0.3) is 0 Å². The van der Waals surface area contributed by atoms with Gasteiger partial charge in [0.05, 0.1) is 0 Å². The molecule has 5 heteroatoms. The molecule has 5 aliphatic rings. The Morgan fingerprint density at radius 1 is 0.917 bits per heavy atom. The highest BCUT2D eigenvalue weighted by Crippen LogP contribution is 2.74. The maximum Gasteiger partial charge on any atom is 0.303 e. The average Bonchev–Trinajstić information content (AvgIpc) is 3.45. The van der Waals surface area contributed by atoms with Crippen molar-refractivity contribution >= 4 is 11.9 Å². The first kappa shape index (κ1) is 26.5. The molecule has 5 nitrogen and oxygen atoms in total. The van der Waals surface area contributed by atoms with Crippen LogP contribution >= 0.6 is 0 Å². The van der Waals surface area contributed by atoms with E-state index in [4.69, 9.17) is 14.2 Å². The summed E-state index contributed by atoms with van der Waals surface area (Å²) in [6.45, 7) is 15.2. The van der Waals surface area contributed by atoms with Crippen LogP contribution in [0.15, 0.2) is 0 Å². The molecule has 0 radical (unpaired) electrons. The fourth-order valence-corrected chi connectivity index (χ4v) is 10.4. The normalized spacial score (nSPS) is 47.7. The molecular formula is C31H50O5. The van der Waals surface area contributed by atoms with Crippen LogP contribution < -0.4 is 0 Å². The van der Waals surface area contributed by atoms with Gasteiger partial charge in [-0.05, 0) is 85.9 Å². The summed E-state index contributed by atoms with van der Waals surface area (Å²) in [5.74, 6) is 3.76. The van der Waals surface area contributed by atoms with E-state index in [0.717, 1.165) is 37.0 Å². The molecule has 0 unspecified atom stereocenters. The second-order valence-corrected chi connectivity index (χ2v) is 14.2. The number of fused-ring (bicyclic) bond motifs is 4. The molecule has 5 fully saturated rings. The molecule has 1 heterocycles. The Hall–Kier alpha value is -1.10. The predicted octanol–water partition coefficient (Wildman–Crippen LogP) is 6.71. The summed E-state index contributed by atoms with van der Waals surface area (Å²) in [4.78, 5) is 24.1. The first-order chi connectivity index (χ1) is 16.9. The number of carbonyl (C=O) groups excluding carboxylic acids is 2. The lowest BCUT2D eigenvalue weighted by atomic mass is 9.43. The number of esters is 2. The van der Waals surface area contributed by atoms with Gasteiger partial charge in [-0.3, -0.25) is 9.59 Å². The molecule has 1 saturated heterocycles. The summed E-state index contributed by atoms with van der Waals surface area (Å²) in [5, 5.41) is 0. The molecule has 36 heavy (non-hydrogen) atoms. The first-order valence-corrected chi connectivity index (χ1v) is 15.0. The van der Waals surface area contributed by atoms with Crippen molar-refractivity contribution in [2.24, 2.45) is 46.3 Å². The van der Waals surface area contributed by atoms with Crippen LogP contribution in [0.2, 0.25) is 0 Å². The molecule has 0 bridgehead atoms. The Balaban J connectivity index is 1.39. The molecule has 0 N–H and O–H groups in total. The number of hydrogen-bond acceptors (Lipinski definition) is 5. The minimum absolute atomic E-state index is 0.0420. The van der Waals surface area contributed by atoms with Crippen LogP contribution in [0.4, 0.5) is 0 Å². The lowest BCUT2D eigenvalue weighted by molar-refractivity contribution is -0.190. The van der Waals surface area contributed by atoms with Crippen molar-refractivity contribution < 1.29 is 23.8 Å². The molecule has 0 aromatic carbocycles. The topological polar surface area (TPSA) is 65.1 Å². The number of hydrogen-bond donors (Lipinski definition) is 0. The predicted molar refractivity (Wildman–Crippen MR) is 139 cm³/mol. The quantitative estimate of drug-likeness (QED) is 0.286. The van der Waals surface area contributed by atoms with Gasteiger partial charge in [0, 0.05) is 19.3 Å². The molecule has 1 spiro atoms. The summed E-state index contributed by atoms with van der Waals surface area (Å²) in [7, 11) is 0. The highest BCUT2D eigenvalue weighted by atomic mass is 16.7. The van der Waals surface area contributed by atoms with Crippen LogP contribution in [-0.2, 0) is 23.8 Å². The van der Waals surface area contributed by atoms with Crippen molar-refractivity contribution in [2.75, 3.05) is 0 Å². The minimum Gasteiger partial charge on any atom is -0.460 e. The van der Waals surface area contributed by atoms with Gasteiger partial charge in [0.15, 0.2) is 0 Å². The fraction of sp³-hybridized carbons (Fsp3) is 0.935. The minimum atomic E-state index is -0.492. The Kier molecular flexibility index (Phi) is 6.83. The van der Waals surface area contributed by atoms with Gasteiger partial charge in [0.1, 0.15) is 23.9 Å². The molecule has 0 aromatic rings. The highest BCUT2D eigenvalue weighted by Gasteiger charge is 2.81. The van der Waals surface area contributed by atoms with Crippen LogP contribution in [-0.4, -0.2) is 35.9 Å². The second kappa shape index (κ2) is 9.27. The van der Waals surface area contributed by atoms with Gasteiger partial charge in [0.2, 0.25) is 0 Å². The number of rotatable bonds is 7. The Labute approximate surface area is 218 Å². The molecule has 4 saturated carbocycles. The summed E-state index contributed by atoms with van der Waals surface area (Å²) < 4.78 is 18.3. The zero-order valence-electron chi connectivity index (χ0n) is 23.8. The molecule has 1 aliphatic heterocycles. The average molecular weight is 503 g/mol. The monoisotopic (exact) mass is 502 g/mol. The maximum atomic E-state index is 12.3. The SMILES string of the molecule is CC(=O)O[C@H]1CC[C@]2(C)[C@@H]3CC[C@@]4(C)[C@H](CC[C@@H]4[C@H](C)CCCC(C)C)[C@H]3C[C@@H](OC(C)=O)[C@]23O[C@H]13. The fourth-order valence-electron chi connectivity index (χ4n) is 10.4. The van der Waals surface area contributed by atoms with Crippen molar-refractivity contribution in [3.63, 3.8) is 0 Å². The lowest BCUT2D eigenvalue weighted by Gasteiger charge is -2.61. The van der Waals surface area contributed by atoms with Gasteiger partial charge in [0.25, 0.3) is 0 Å². The summed E-state index contributed by atoms with van der Waals surface area (Å²) in [6.07, 6.45) is 11.4. The Morgan fingerprint density at radius 3 is 2.31 bits per heavy atom. The largest absolute Gasteiger partial charge is 0.460 e. The van der Waals surface area contributed by atoms with Gasteiger partial charge in [-0.2, -0.15) is 0 Å². The van der Waals surface area contributed by atoms with Crippen LogP contribution in [0.5, 0.6) is 0 Å². The van der Waals surface area contributed by atoms with Crippen LogP contribution in [0, 0.1) is 46.3 Å². The standard InChI is InChI=1S/C31H50O5/c1-18(2)9-8-10-19(3)23-11-12-24-22-17-27(35-21(5)33)31-28(36-31)26(34-20(4)32)14-16-30(31,7)25(22)13-15-29(23,24)6/h18-19,22-28H,8-17H2,1-7H3/t19-,22-,23-,24-,25-,26+,27-,28-,29-,30-,31-/m1/s1. The molecule has 5 rings (SSSR count). The summed E-state index contributed by atoms with van der Waals surface area (Å²) in [5.41, 5.74) is -0.146. The molecule has 11 atom stereocenters. The van der Waals surface area contributed by atoms with Crippen molar-refractivity contribution in [1.82, 2.24) is 0 Å². The van der Waals surface area contributed by atoms with Gasteiger partial charge >= 0.3 is 11.9 Å². The smallest absolute Gasteiger partial charge is 0.303 e. The number of epoxide rings is 1. The molecule has 0 amide bonds. The van der Waals surface area contributed by atoms with Crippen molar-refractivity contribution in [1.29, 1.82) is 0 Å². The van der Waals surface area contributed by atoms with E-state index in [9.17, 15) is 9.59 Å². The third-order valence-corrected chi connectivity index (χ3v) is 11.9. The highest BCUT2D eigenvalue weighted by molar-refractivity contribution is 5.67. The van der Waals surface area contributed by atoms with E-state index in [0.29, 0.717) is 23.2 Å². The van der Waals surface area contributed by atoms with Crippen molar-refractivity contribution in [3.05, 3.63) is 0 Å². The van der Waals surface area contributed by atoms with E-state index in [1.54, 1.807) is 0 Å². The third-order valence-electron chi connectivity index (χ3n) is 11.9. The Morgan fingerprint density at radius 2 is 1.64 bits per heavy atom. The maximum absolute atomic E-state index is 12.3. The summed E-state index contributed by atoms with van der Waals surface area (Å²) >= 11 is 0. The van der Waals surface area contributed by atoms with Gasteiger partial charge in [-0.15, -0.1) is 0 Å². The van der Waals surface area contributed by atoms with E-state index < -0.39 is 5.60 Å². The molecule has 0 aromatic heterocycles. The van der Waals surface area contributed by atoms with Gasteiger partial charge in [-0.25, -0.2) is 0 Å². The van der Waals surface area contributed by atoms with Crippen molar-refractivity contribution in [3.8, 4) is 0 Å². The Bertz CT molecular complexity index is 869. The van der Waals surface area contributed by atoms with E-state index in [-0.39, 0.29) is 35.7 Å². The molecular weight excluding hydrogens is 452 g/mol. The second-order valence-electron chi connectivity index (χ2n) is 14.2. The zero-order chi connectivity index (χ0) is 26.0. The lowest BCUT2D eigenvalue weighted by Crippen LogP contribution is -2.64.